The third-order valence-corrected chi connectivity index (χ3v) is 3.37. The highest BCUT2D eigenvalue weighted by molar-refractivity contribution is 8.04. The van der Waals surface area contributed by atoms with Crippen LogP contribution in [0.2, 0.25) is 0 Å². The molecule has 0 saturated heterocycles. The number of nitrogens with zero attached hydrogens (tertiary/aromatic N) is 2. The topological polar surface area (TPSA) is 49.9 Å². The Morgan fingerprint density at radius 3 is 2.29 bits per heavy atom. The van der Waals surface area contributed by atoms with Crippen molar-refractivity contribution in [3.05, 3.63) is 41.4 Å². The fraction of sp³-hybridized carbons (Fsp3) is 0.333. The van der Waals surface area contributed by atoms with Crippen molar-refractivity contribution >= 4 is 23.6 Å². The summed E-state index contributed by atoms with van der Waals surface area (Å²) in [5, 5.41) is 0. The zero-order valence-corrected chi connectivity index (χ0v) is 13.5. The number of rotatable bonds is 6. The third kappa shape index (κ3) is 6.35. The van der Waals surface area contributed by atoms with Gasteiger partial charge in [0.2, 0.25) is 5.78 Å². The molecule has 0 aliphatic carbocycles. The molecule has 0 fully saturated rings. The van der Waals surface area contributed by atoms with Crippen LogP contribution in [0.15, 0.2) is 46.3 Å². The normalized spacial score (nSPS) is 11.0. The molecule has 1 rings (SSSR count). The molecule has 21 heavy (non-hydrogen) atoms. The van der Waals surface area contributed by atoms with Gasteiger partial charge >= 0.3 is 6.09 Å². The summed E-state index contributed by atoms with van der Waals surface area (Å²) in [4.78, 5) is 28.1. The molecule has 0 heterocycles. The lowest BCUT2D eigenvalue weighted by atomic mass is 10.4. The van der Waals surface area contributed by atoms with Crippen molar-refractivity contribution in [3.8, 4) is 0 Å². The molecule has 0 aliphatic rings. The number of carbonyl (C=O) groups is 2. The Balaban J connectivity index is 2.74. The molecule has 0 radical (unpaired) electrons. The first-order valence-corrected chi connectivity index (χ1v) is 7.20. The van der Waals surface area contributed by atoms with E-state index in [9.17, 15) is 9.59 Å². The van der Waals surface area contributed by atoms with E-state index in [0.717, 1.165) is 4.90 Å². The molecule has 0 spiro atoms. The smallest absolute Gasteiger partial charge is 0.409 e. The molecule has 0 aliphatic heterocycles. The van der Waals surface area contributed by atoms with Gasteiger partial charge in [-0.3, -0.25) is 4.79 Å². The van der Waals surface area contributed by atoms with E-state index in [4.69, 9.17) is 4.74 Å². The molecule has 0 N–H and O–H groups in total. The SMILES string of the molecule is CN(C)/C=C(\Sc1ccccc1)C(=O)COC(=O)N(C)C. The van der Waals surface area contributed by atoms with Gasteiger partial charge in [-0.05, 0) is 12.1 Å². The quantitative estimate of drug-likeness (QED) is 0.597. The van der Waals surface area contributed by atoms with Crippen LogP contribution in [-0.4, -0.2) is 56.5 Å². The Morgan fingerprint density at radius 1 is 1.14 bits per heavy atom. The van der Waals surface area contributed by atoms with E-state index in [1.54, 1.807) is 25.2 Å². The van der Waals surface area contributed by atoms with Crippen molar-refractivity contribution in [3.63, 3.8) is 0 Å². The van der Waals surface area contributed by atoms with Crippen molar-refractivity contribution in [1.82, 2.24) is 9.80 Å². The van der Waals surface area contributed by atoms with Gasteiger partial charge in [-0.2, -0.15) is 0 Å². The number of ketones is 1. The van der Waals surface area contributed by atoms with Gasteiger partial charge in [-0.25, -0.2) is 4.79 Å². The second-order valence-electron chi connectivity index (χ2n) is 4.74. The molecular formula is C15H20N2O3S. The summed E-state index contributed by atoms with van der Waals surface area (Å²) >= 11 is 1.35. The van der Waals surface area contributed by atoms with E-state index in [0.29, 0.717) is 4.91 Å². The number of thioether (sulfide) groups is 1. The Hall–Kier alpha value is -1.95. The van der Waals surface area contributed by atoms with Crippen molar-refractivity contribution in [2.75, 3.05) is 34.8 Å². The highest BCUT2D eigenvalue weighted by atomic mass is 32.2. The maximum Gasteiger partial charge on any atom is 0.409 e. The van der Waals surface area contributed by atoms with Crippen LogP contribution in [0.4, 0.5) is 4.79 Å². The van der Waals surface area contributed by atoms with Gasteiger partial charge in [0.05, 0.1) is 4.91 Å². The first kappa shape index (κ1) is 17.1. The Bertz CT molecular complexity index is 513. The van der Waals surface area contributed by atoms with Crippen LogP contribution < -0.4 is 0 Å². The van der Waals surface area contributed by atoms with Gasteiger partial charge in [0.15, 0.2) is 6.61 Å². The molecule has 0 saturated carbocycles. The minimum atomic E-state index is -0.530. The Kier molecular flexibility index (Phi) is 6.81. The summed E-state index contributed by atoms with van der Waals surface area (Å²) in [6.45, 7) is -0.267. The van der Waals surface area contributed by atoms with Crippen LogP contribution >= 0.6 is 11.8 Å². The zero-order chi connectivity index (χ0) is 15.8. The zero-order valence-electron chi connectivity index (χ0n) is 12.7. The van der Waals surface area contributed by atoms with E-state index < -0.39 is 6.09 Å². The van der Waals surface area contributed by atoms with Crippen LogP contribution in [0.1, 0.15) is 0 Å². The minimum Gasteiger partial charge on any atom is -0.441 e. The Labute approximate surface area is 129 Å². The number of hydrogen-bond donors (Lipinski definition) is 0. The number of Topliss-reactive ketones (excluding diaryl/α,β-unsaturated/α-hetero) is 1. The number of hydrogen-bond acceptors (Lipinski definition) is 5. The number of benzene rings is 1. The van der Waals surface area contributed by atoms with Crippen molar-refractivity contribution in [2.24, 2.45) is 0 Å². The van der Waals surface area contributed by atoms with Gasteiger partial charge in [-0.1, -0.05) is 30.0 Å². The Morgan fingerprint density at radius 2 is 1.76 bits per heavy atom. The van der Waals surface area contributed by atoms with Crippen molar-refractivity contribution in [2.45, 2.75) is 4.90 Å². The summed E-state index contributed by atoms with van der Waals surface area (Å²) in [7, 11) is 6.82. The maximum atomic E-state index is 12.2. The molecule has 1 amide bonds. The lowest BCUT2D eigenvalue weighted by Crippen LogP contribution is -2.25. The molecule has 1 aromatic carbocycles. The molecule has 6 heteroatoms. The summed E-state index contributed by atoms with van der Waals surface area (Å²) in [6.07, 6.45) is 1.20. The summed E-state index contributed by atoms with van der Waals surface area (Å²) in [5.74, 6) is -0.229. The van der Waals surface area contributed by atoms with E-state index >= 15 is 0 Å². The van der Waals surface area contributed by atoms with Crippen molar-refractivity contribution in [1.29, 1.82) is 0 Å². The minimum absolute atomic E-state index is 0.229. The standard InChI is InChI=1S/C15H20N2O3S/c1-16(2)10-14(21-12-8-6-5-7-9-12)13(18)11-20-15(19)17(3)4/h5-10H,11H2,1-4H3/b14-10-. The number of carbonyl (C=O) groups excluding carboxylic acids is 2. The number of amides is 1. The fourth-order valence-electron chi connectivity index (χ4n) is 1.33. The highest BCUT2D eigenvalue weighted by Gasteiger charge is 2.15. The van der Waals surface area contributed by atoms with E-state index in [1.807, 2.05) is 44.4 Å². The maximum absolute atomic E-state index is 12.2. The van der Waals surface area contributed by atoms with Crippen LogP contribution in [0.3, 0.4) is 0 Å². The van der Waals surface area contributed by atoms with Gasteiger partial charge in [0.1, 0.15) is 0 Å². The fourth-order valence-corrected chi connectivity index (χ4v) is 2.32. The number of ether oxygens (including phenoxy) is 1. The first-order chi connectivity index (χ1) is 9.90. The van der Waals surface area contributed by atoms with E-state index in [1.165, 1.54) is 16.7 Å². The summed E-state index contributed by atoms with van der Waals surface area (Å²) in [5.41, 5.74) is 0. The summed E-state index contributed by atoms with van der Waals surface area (Å²) in [6, 6.07) is 9.58. The largest absolute Gasteiger partial charge is 0.441 e. The average Bonchev–Trinajstić information content (AvgIpc) is 2.44. The van der Waals surface area contributed by atoms with E-state index in [2.05, 4.69) is 0 Å². The lowest BCUT2D eigenvalue weighted by molar-refractivity contribution is -0.117. The summed E-state index contributed by atoms with van der Waals surface area (Å²) < 4.78 is 4.93. The predicted molar refractivity (Wildman–Crippen MR) is 84.1 cm³/mol. The van der Waals surface area contributed by atoms with Gasteiger partial charge in [0.25, 0.3) is 0 Å². The predicted octanol–water partition coefficient (Wildman–Crippen LogP) is 2.45. The van der Waals surface area contributed by atoms with Crippen molar-refractivity contribution < 1.29 is 14.3 Å². The highest BCUT2D eigenvalue weighted by Crippen LogP contribution is 2.27. The molecule has 114 valence electrons. The van der Waals surface area contributed by atoms with Crippen LogP contribution in [0.5, 0.6) is 0 Å². The molecule has 5 nitrogen and oxygen atoms in total. The molecule has 0 unspecified atom stereocenters. The molecular weight excluding hydrogens is 288 g/mol. The third-order valence-electron chi connectivity index (χ3n) is 2.31. The van der Waals surface area contributed by atoms with Crippen LogP contribution in [-0.2, 0) is 9.53 Å². The molecule has 0 bridgehead atoms. The van der Waals surface area contributed by atoms with Gasteiger partial charge in [-0.15, -0.1) is 0 Å². The molecule has 1 aromatic rings. The van der Waals surface area contributed by atoms with Crippen LogP contribution in [0.25, 0.3) is 0 Å². The first-order valence-electron chi connectivity index (χ1n) is 6.38. The van der Waals surface area contributed by atoms with Crippen LogP contribution in [0, 0.1) is 0 Å². The van der Waals surface area contributed by atoms with E-state index in [-0.39, 0.29) is 12.4 Å². The lowest BCUT2D eigenvalue weighted by Gasteiger charge is -2.13. The molecule has 0 aromatic heterocycles. The monoisotopic (exact) mass is 308 g/mol. The molecule has 0 atom stereocenters. The van der Waals surface area contributed by atoms with Gasteiger partial charge in [0, 0.05) is 39.3 Å². The second-order valence-corrected chi connectivity index (χ2v) is 5.86. The second kappa shape index (κ2) is 8.36. The average molecular weight is 308 g/mol. The van der Waals surface area contributed by atoms with Gasteiger partial charge < -0.3 is 14.5 Å².